The summed E-state index contributed by atoms with van der Waals surface area (Å²) in [6.45, 7) is 0. The third-order valence-electron chi connectivity index (χ3n) is 3.19. The van der Waals surface area contributed by atoms with Gasteiger partial charge in [-0.3, -0.25) is 0 Å². The number of aromatic nitrogens is 2. The fraction of sp³-hybridized carbons (Fsp3) is 0.125. The summed E-state index contributed by atoms with van der Waals surface area (Å²) in [5.74, 6) is 1.70. The van der Waals surface area contributed by atoms with Crippen LogP contribution >= 0.6 is 0 Å². The first-order valence-electron chi connectivity index (χ1n) is 6.59. The summed E-state index contributed by atoms with van der Waals surface area (Å²) in [6, 6.07) is 14.0. The first-order chi connectivity index (χ1) is 10.1. The molecule has 2 N–H and O–H groups in total. The topological polar surface area (TPSA) is 64.3 Å². The van der Waals surface area contributed by atoms with Crippen molar-refractivity contribution in [3.8, 4) is 11.6 Å². The van der Waals surface area contributed by atoms with Crippen molar-refractivity contribution in [2.75, 3.05) is 24.7 Å². The zero-order valence-electron chi connectivity index (χ0n) is 11.9. The Labute approximate surface area is 123 Å². The van der Waals surface area contributed by atoms with Crippen molar-refractivity contribution in [2.45, 2.75) is 0 Å². The normalized spacial score (nSPS) is 10.6. The second kappa shape index (κ2) is 5.28. The van der Waals surface area contributed by atoms with Crippen molar-refractivity contribution in [2.24, 2.45) is 0 Å². The van der Waals surface area contributed by atoms with Gasteiger partial charge in [0, 0.05) is 14.1 Å². The number of nitrogens with two attached hydrogens (primary N) is 1. The van der Waals surface area contributed by atoms with E-state index in [2.05, 4.69) is 16.0 Å². The number of hydrogen-bond donors (Lipinski definition) is 1. The van der Waals surface area contributed by atoms with Crippen molar-refractivity contribution in [1.29, 1.82) is 0 Å². The molecule has 1 aromatic heterocycles. The van der Waals surface area contributed by atoms with E-state index < -0.39 is 0 Å². The Morgan fingerprint density at radius 2 is 1.76 bits per heavy atom. The van der Waals surface area contributed by atoms with Crippen LogP contribution in [0.3, 0.4) is 0 Å². The summed E-state index contributed by atoms with van der Waals surface area (Å²) in [6.07, 6.45) is 1.45. The number of nitrogen functional groups attached to an aromatic ring is 1. The molecule has 5 nitrogen and oxygen atoms in total. The van der Waals surface area contributed by atoms with Crippen molar-refractivity contribution < 1.29 is 4.74 Å². The van der Waals surface area contributed by atoms with Crippen molar-refractivity contribution in [1.82, 2.24) is 9.97 Å². The molecule has 0 aliphatic rings. The van der Waals surface area contributed by atoms with Crippen LogP contribution in [0.4, 0.5) is 11.5 Å². The minimum atomic E-state index is 0.365. The molecule has 0 bridgehead atoms. The third kappa shape index (κ3) is 2.58. The Bertz CT molecular complexity index is 786. The van der Waals surface area contributed by atoms with Gasteiger partial charge in [0.25, 0.3) is 0 Å². The number of nitrogens with zero attached hydrogens (tertiary/aromatic N) is 3. The van der Waals surface area contributed by atoms with E-state index >= 15 is 0 Å². The minimum Gasteiger partial charge on any atom is -0.437 e. The predicted molar refractivity (Wildman–Crippen MR) is 84.8 cm³/mol. The average molecular weight is 280 g/mol. The number of ether oxygens (including phenoxy) is 1. The molecule has 2 aromatic carbocycles. The average Bonchev–Trinajstić information content (AvgIpc) is 2.49. The molecule has 0 saturated heterocycles. The van der Waals surface area contributed by atoms with E-state index in [0.717, 1.165) is 10.8 Å². The van der Waals surface area contributed by atoms with Crippen LogP contribution in [-0.2, 0) is 0 Å². The van der Waals surface area contributed by atoms with Gasteiger partial charge in [0.2, 0.25) is 5.88 Å². The van der Waals surface area contributed by atoms with Gasteiger partial charge in [-0.1, -0.05) is 30.3 Å². The van der Waals surface area contributed by atoms with Crippen LogP contribution in [0, 0.1) is 0 Å². The standard InChI is InChI=1S/C16H16N4O/c1-20(2)15-14(17)16(19-10-18-15)21-13-8-7-11-5-3-4-6-12(11)9-13/h3-10H,17H2,1-2H3. The van der Waals surface area contributed by atoms with Crippen LogP contribution in [0.5, 0.6) is 11.6 Å². The molecular formula is C16H16N4O. The molecule has 106 valence electrons. The van der Waals surface area contributed by atoms with Crippen LogP contribution in [0.15, 0.2) is 48.8 Å². The van der Waals surface area contributed by atoms with E-state index in [9.17, 15) is 0 Å². The van der Waals surface area contributed by atoms with Gasteiger partial charge in [-0.25, -0.2) is 4.98 Å². The van der Waals surface area contributed by atoms with E-state index in [1.54, 1.807) is 0 Å². The van der Waals surface area contributed by atoms with E-state index in [0.29, 0.717) is 23.1 Å². The van der Waals surface area contributed by atoms with Gasteiger partial charge >= 0.3 is 0 Å². The van der Waals surface area contributed by atoms with Gasteiger partial charge in [0.1, 0.15) is 17.8 Å². The molecule has 3 rings (SSSR count). The van der Waals surface area contributed by atoms with Crippen LogP contribution in [0.2, 0.25) is 0 Å². The van der Waals surface area contributed by atoms with Gasteiger partial charge in [-0.15, -0.1) is 0 Å². The molecule has 5 heteroatoms. The molecule has 0 saturated carbocycles. The Morgan fingerprint density at radius 1 is 1.00 bits per heavy atom. The lowest BCUT2D eigenvalue weighted by Gasteiger charge is -2.15. The highest BCUT2D eigenvalue weighted by Crippen LogP contribution is 2.31. The summed E-state index contributed by atoms with van der Waals surface area (Å²) in [5.41, 5.74) is 6.48. The largest absolute Gasteiger partial charge is 0.437 e. The summed E-state index contributed by atoms with van der Waals surface area (Å²) >= 11 is 0. The molecular weight excluding hydrogens is 264 g/mol. The molecule has 3 aromatic rings. The number of fused-ring (bicyclic) bond motifs is 1. The zero-order chi connectivity index (χ0) is 14.8. The van der Waals surface area contributed by atoms with Gasteiger partial charge < -0.3 is 15.4 Å². The lowest BCUT2D eigenvalue weighted by molar-refractivity contribution is 0.465. The predicted octanol–water partition coefficient (Wildman–Crippen LogP) is 3.07. The summed E-state index contributed by atoms with van der Waals surface area (Å²) < 4.78 is 5.81. The molecule has 0 atom stereocenters. The Morgan fingerprint density at radius 3 is 2.52 bits per heavy atom. The highest BCUT2D eigenvalue weighted by Gasteiger charge is 2.11. The van der Waals surface area contributed by atoms with Crippen LogP contribution in [0.1, 0.15) is 0 Å². The molecule has 0 amide bonds. The Kier molecular flexibility index (Phi) is 3.31. The smallest absolute Gasteiger partial charge is 0.248 e. The second-order valence-electron chi connectivity index (χ2n) is 4.92. The number of anilines is 2. The quantitative estimate of drug-likeness (QED) is 0.798. The second-order valence-corrected chi connectivity index (χ2v) is 4.92. The summed E-state index contributed by atoms with van der Waals surface area (Å²) in [7, 11) is 3.75. The number of rotatable bonds is 3. The van der Waals surface area contributed by atoms with E-state index in [4.69, 9.17) is 10.5 Å². The maximum atomic E-state index is 6.05. The zero-order valence-corrected chi connectivity index (χ0v) is 11.9. The SMILES string of the molecule is CN(C)c1ncnc(Oc2ccc3ccccc3c2)c1N. The molecule has 0 fully saturated rings. The fourth-order valence-electron chi connectivity index (χ4n) is 2.15. The molecule has 0 aliphatic carbocycles. The van der Waals surface area contributed by atoms with Crippen molar-refractivity contribution in [3.63, 3.8) is 0 Å². The minimum absolute atomic E-state index is 0.365. The van der Waals surface area contributed by atoms with E-state index in [1.165, 1.54) is 6.33 Å². The Hall–Kier alpha value is -2.82. The first kappa shape index (κ1) is 13.2. The van der Waals surface area contributed by atoms with Crippen molar-refractivity contribution >= 4 is 22.3 Å². The number of hydrogen-bond acceptors (Lipinski definition) is 5. The van der Waals surface area contributed by atoms with Crippen molar-refractivity contribution in [3.05, 3.63) is 48.8 Å². The van der Waals surface area contributed by atoms with Gasteiger partial charge in [-0.2, -0.15) is 4.98 Å². The summed E-state index contributed by atoms with van der Waals surface area (Å²) in [4.78, 5) is 10.1. The van der Waals surface area contributed by atoms with Crippen LogP contribution in [-0.4, -0.2) is 24.1 Å². The fourth-order valence-corrected chi connectivity index (χ4v) is 2.15. The molecule has 21 heavy (non-hydrogen) atoms. The molecule has 0 aliphatic heterocycles. The first-order valence-corrected chi connectivity index (χ1v) is 6.59. The van der Waals surface area contributed by atoms with E-state index in [-0.39, 0.29) is 0 Å². The molecule has 0 unspecified atom stereocenters. The lowest BCUT2D eigenvalue weighted by atomic mass is 10.1. The lowest BCUT2D eigenvalue weighted by Crippen LogP contribution is -2.14. The van der Waals surface area contributed by atoms with Crippen LogP contribution in [0.25, 0.3) is 10.8 Å². The Balaban J connectivity index is 1.97. The van der Waals surface area contributed by atoms with Crippen LogP contribution < -0.4 is 15.4 Å². The number of benzene rings is 2. The monoisotopic (exact) mass is 280 g/mol. The van der Waals surface area contributed by atoms with Gasteiger partial charge in [0.05, 0.1) is 0 Å². The molecule has 1 heterocycles. The van der Waals surface area contributed by atoms with Gasteiger partial charge in [0.15, 0.2) is 5.82 Å². The third-order valence-corrected chi connectivity index (χ3v) is 3.19. The molecule has 0 radical (unpaired) electrons. The maximum Gasteiger partial charge on any atom is 0.248 e. The van der Waals surface area contributed by atoms with Gasteiger partial charge in [-0.05, 0) is 22.9 Å². The molecule has 0 spiro atoms. The highest BCUT2D eigenvalue weighted by atomic mass is 16.5. The maximum absolute atomic E-state index is 6.05. The van der Waals surface area contributed by atoms with E-state index in [1.807, 2.05) is 55.4 Å². The highest BCUT2D eigenvalue weighted by molar-refractivity contribution is 5.83. The summed E-state index contributed by atoms with van der Waals surface area (Å²) in [5, 5.41) is 2.27.